The molecule has 94 valence electrons. The molecule has 2 saturated carbocycles. The fourth-order valence-corrected chi connectivity index (χ4v) is 2.92. The van der Waals surface area contributed by atoms with Crippen molar-refractivity contribution in [3.05, 3.63) is 0 Å². The van der Waals surface area contributed by atoms with Crippen LogP contribution in [0.5, 0.6) is 0 Å². The van der Waals surface area contributed by atoms with Crippen molar-refractivity contribution in [2.45, 2.75) is 50.7 Å². The summed E-state index contributed by atoms with van der Waals surface area (Å²) in [5.74, 6) is 5.36. The standard InChI is InChI=1S/C11H19F3N2/c12-11(13,14)9-5-3-8(4-6-9)10(16-15)7-1-2-7/h7-10,16H,1-6,15H2. The van der Waals surface area contributed by atoms with E-state index in [4.69, 9.17) is 5.84 Å². The molecule has 0 heterocycles. The fourth-order valence-electron chi connectivity index (χ4n) is 2.92. The Morgan fingerprint density at radius 2 is 1.38 bits per heavy atom. The zero-order valence-corrected chi connectivity index (χ0v) is 9.26. The van der Waals surface area contributed by atoms with E-state index in [1.807, 2.05) is 0 Å². The summed E-state index contributed by atoms with van der Waals surface area (Å²) >= 11 is 0. The highest BCUT2D eigenvalue weighted by Gasteiger charge is 2.44. The van der Waals surface area contributed by atoms with E-state index in [1.54, 1.807) is 0 Å². The van der Waals surface area contributed by atoms with Crippen molar-refractivity contribution in [3.8, 4) is 0 Å². The first-order chi connectivity index (χ1) is 7.52. The van der Waals surface area contributed by atoms with Gasteiger partial charge in [-0.15, -0.1) is 0 Å². The Hall–Kier alpha value is -0.290. The molecular weight excluding hydrogens is 217 g/mol. The lowest BCUT2D eigenvalue weighted by Gasteiger charge is -2.34. The highest BCUT2D eigenvalue weighted by atomic mass is 19.4. The SMILES string of the molecule is NNC(C1CC1)C1CCC(C(F)(F)F)CC1. The Bertz CT molecular complexity index is 230. The minimum absolute atomic E-state index is 0.245. The third-order valence-corrected chi connectivity index (χ3v) is 4.06. The molecule has 0 bridgehead atoms. The van der Waals surface area contributed by atoms with E-state index in [-0.39, 0.29) is 18.9 Å². The molecule has 0 spiro atoms. The van der Waals surface area contributed by atoms with Gasteiger partial charge in [0.2, 0.25) is 0 Å². The fraction of sp³-hybridized carbons (Fsp3) is 1.00. The van der Waals surface area contributed by atoms with Gasteiger partial charge in [-0.05, 0) is 50.4 Å². The Morgan fingerprint density at radius 3 is 1.69 bits per heavy atom. The van der Waals surface area contributed by atoms with Crippen molar-refractivity contribution < 1.29 is 13.2 Å². The summed E-state index contributed by atoms with van der Waals surface area (Å²) in [5.41, 5.74) is 2.81. The Balaban J connectivity index is 1.84. The Labute approximate surface area is 93.7 Å². The molecular formula is C11H19F3N2. The van der Waals surface area contributed by atoms with E-state index in [1.165, 1.54) is 12.8 Å². The van der Waals surface area contributed by atoms with Gasteiger partial charge in [-0.3, -0.25) is 11.3 Å². The lowest BCUT2D eigenvalue weighted by Crippen LogP contribution is -2.44. The predicted molar refractivity (Wildman–Crippen MR) is 55.3 cm³/mol. The van der Waals surface area contributed by atoms with Crippen LogP contribution in [0.1, 0.15) is 38.5 Å². The van der Waals surface area contributed by atoms with Gasteiger partial charge < -0.3 is 0 Å². The number of halogens is 3. The minimum Gasteiger partial charge on any atom is -0.271 e. The summed E-state index contributed by atoms with van der Waals surface area (Å²) in [7, 11) is 0. The van der Waals surface area contributed by atoms with Crippen LogP contribution in [-0.2, 0) is 0 Å². The average Bonchev–Trinajstić information content (AvgIpc) is 3.03. The lowest BCUT2D eigenvalue weighted by atomic mass is 9.77. The van der Waals surface area contributed by atoms with Crippen molar-refractivity contribution in [2.75, 3.05) is 0 Å². The monoisotopic (exact) mass is 236 g/mol. The number of hydrogen-bond acceptors (Lipinski definition) is 2. The summed E-state index contributed by atoms with van der Waals surface area (Å²) < 4.78 is 37.4. The van der Waals surface area contributed by atoms with Crippen LogP contribution >= 0.6 is 0 Å². The van der Waals surface area contributed by atoms with Gasteiger partial charge in [0.25, 0.3) is 0 Å². The van der Waals surface area contributed by atoms with Crippen LogP contribution in [-0.4, -0.2) is 12.2 Å². The van der Waals surface area contributed by atoms with Crippen LogP contribution in [0.15, 0.2) is 0 Å². The van der Waals surface area contributed by atoms with Crippen LogP contribution in [0.3, 0.4) is 0 Å². The highest BCUT2D eigenvalue weighted by molar-refractivity contribution is 4.92. The molecule has 2 nitrogen and oxygen atoms in total. The van der Waals surface area contributed by atoms with Crippen molar-refractivity contribution in [1.82, 2.24) is 5.43 Å². The van der Waals surface area contributed by atoms with E-state index < -0.39 is 12.1 Å². The topological polar surface area (TPSA) is 38.0 Å². The van der Waals surface area contributed by atoms with Gasteiger partial charge in [0.1, 0.15) is 0 Å². The first-order valence-electron chi connectivity index (χ1n) is 6.05. The Morgan fingerprint density at radius 1 is 0.938 bits per heavy atom. The van der Waals surface area contributed by atoms with Crippen LogP contribution in [0, 0.1) is 17.8 Å². The second kappa shape index (κ2) is 4.53. The number of nitrogens with two attached hydrogens (primary N) is 1. The van der Waals surface area contributed by atoms with E-state index in [0.717, 1.165) is 0 Å². The van der Waals surface area contributed by atoms with E-state index in [9.17, 15) is 13.2 Å². The van der Waals surface area contributed by atoms with Gasteiger partial charge >= 0.3 is 6.18 Å². The van der Waals surface area contributed by atoms with E-state index in [2.05, 4.69) is 5.43 Å². The molecule has 3 N–H and O–H groups in total. The van der Waals surface area contributed by atoms with Crippen LogP contribution in [0.2, 0.25) is 0 Å². The van der Waals surface area contributed by atoms with Crippen molar-refractivity contribution in [2.24, 2.45) is 23.6 Å². The van der Waals surface area contributed by atoms with Crippen LogP contribution < -0.4 is 11.3 Å². The summed E-state index contributed by atoms with van der Waals surface area (Å²) in [6.45, 7) is 0. The van der Waals surface area contributed by atoms with E-state index in [0.29, 0.717) is 24.7 Å². The highest BCUT2D eigenvalue weighted by Crippen LogP contribution is 2.44. The second-order valence-corrected chi connectivity index (χ2v) is 5.18. The molecule has 0 saturated heterocycles. The number of hydrogen-bond donors (Lipinski definition) is 2. The summed E-state index contributed by atoms with van der Waals surface area (Å²) in [5, 5.41) is 0. The predicted octanol–water partition coefficient (Wildman–Crippen LogP) is 2.60. The normalized spacial score (nSPS) is 33.8. The quantitative estimate of drug-likeness (QED) is 0.584. The molecule has 2 aliphatic rings. The summed E-state index contributed by atoms with van der Waals surface area (Å²) in [6.07, 6.45) is 0.224. The minimum atomic E-state index is -4.00. The molecule has 1 unspecified atom stereocenters. The summed E-state index contributed by atoms with van der Waals surface area (Å²) in [6, 6.07) is 0.245. The zero-order chi connectivity index (χ0) is 11.8. The first kappa shape index (κ1) is 12.2. The van der Waals surface area contributed by atoms with Crippen LogP contribution in [0.25, 0.3) is 0 Å². The smallest absolute Gasteiger partial charge is 0.271 e. The molecule has 0 radical (unpaired) electrons. The third-order valence-electron chi connectivity index (χ3n) is 4.06. The molecule has 0 aromatic rings. The van der Waals surface area contributed by atoms with Gasteiger partial charge in [0.05, 0.1) is 5.92 Å². The van der Waals surface area contributed by atoms with Crippen molar-refractivity contribution >= 4 is 0 Å². The number of nitrogens with one attached hydrogen (secondary N) is 1. The lowest BCUT2D eigenvalue weighted by molar-refractivity contribution is -0.184. The molecule has 0 aromatic carbocycles. The van der Waals surface area contributed by atoms with Gasteiger partial charge in [-0.1, -0.05) is 0 Å². The number of alkyl halides is 3. The number of rotatable bonds is 3. The molecule has 2 rings (SSSR count). The van der Waals surface area contributed by atoms with Gasteiger partial charge in [-0.25, -0.2) is 0 Å². The third kappa shape index (κ3) is 2.69. The largest absolute Gasteiger partial charge is 0.391 e. The number of hydrazine groups is 1. The van der Waals surface area contributed by atoms with Crippen molar-refractivity contribution in [3.63, 3.8) is 0 Å². The summed E-state index contributed by atoms with van der Waals surface area (Å²) in [4.78, 5) is 0. The van der Waals surface area contributed by atoms with Crippen molar-refractivity contribution in [1.29, 1.82) is 0 Å². The second-order valence-electron chi connectivity index (χ2n) is 5.18. The average molecular weight is 236 g/mol. The molecule has 5 heteroatoms. The molecule has 0 aliphatic heterocycles. The zero-order valence-electron chi connectivity index (χ0n) is 9.26. The maximum atomic E-state index is 12.5. The van der Waals surface area contributed by atoms with Crippen LogP contribution in [0.4, 0.5) is 13.2 Å². The molecule has 2 fully saturated rings. The van der Waals surface area contributed by atoms with Gasteiger partial charge in [-0.2, -0.15) is 13.2 Å². The van der Waals surface area contributed by atoms with Gasteiger partial charge in [0, 0.05) is 6.04 Å². The van der Waals surface area contributed by atoms with Gasteiger partial charge in [0.15, 0.2) is 0 Å². The molecule has 1 atom stereocenters. The molecule has 16 heavy (non-hydrogen) atoms. The first-order valence-corrected chi connectivity index (χ1v) is 6.05. The molecule has 2 aliphatic carbocycles. The Kier molecular flexibility index (Phi) is 3.45. The molecule has 0 aromatic heterocycles. The molecule has 0 amide bonds. The maximum absolute atomic E-state index is 12.5. The maximum Gasteiger partial charge on any atom is 0.391 e. The van der Waals surface area contributed by atoms with E-state index >= 15 is 0 Å².